The van der Waals surface area contributed by atoms with Crippen molar-refractivity contribution in [2.45, 2.75) is 44.6 Å². The molecule has 1 N–H and O–H groups in total. The quantitative estimate of drug-likeness (QED) is 0.507. The van der Waals surface area contributed by atoms with Crippen LogP contribution >= 0.6 is 0 Å². The zero-order valence-electron chi connectivity index (χ0n) is 15.4. The maximum atomic E-state index is 12.6. The third kappa shape index (κ3) is 4.52. The summed E-state index contributed by atoms with van der Waals surface area (Å²) < 4.78 is 0. The molecule has 3 rings (SSSR count). The van der Waals surface area contributed by atoms with E-state index in [4.69, 9.17) is 0 Å². The lowest BCUT2D eigenvalue weighted by Crippen LogP contribution is -2.44. The SMILES string of the molecule is CN1CCN(c2ccc(C(=O)NC3CCCCCC3)cc2[N+](=O)[O-])CC1. The van der Waals surface area contributed by atoms with Crippen LogP contribution < -0.4 is 10.2 Å². The summed E-state index contributed by atoms with van der Waals surface area (Å²) in [5.41, 5.74) is 0.996. The lowest BCUT2D eigenvalue weighted by molar-refractivity contribution is -0.384. The highest BCUT2D eigenvalue weighted by atomic mass is 16.6. The van der Waals surface area contributed by atoms with E-state index >= 15 is 0 Å². The summed E-state index contributed by atoms with van der Waals surface area (Å²) in [6.45, 7) is 3.26. The van der Waals surface area contributed by atoms with Gasteiger partial charge in [0.25, 0.3) is 11.6 Å². The molecule has 0 atom stereocenters. The van der Waals surface area contributed by atoms with Crippen LogP contribution in [-0.2, 0) is 0 Å². The smallest absolute Gasteiger partial charge is 0.293 e. The van der Waals surface area contributed by atoms with Crippen LogP contribution in [0.4, 0.5) is 11.4 Å². The monoisotopic (exact) mass is 360 g/mol. The molecule has 1 saturated carbocycles. The number of hydrogen-bond acceptors (Lipinski definition) is 5. The highest BCUT2D eigenvalue weighted by Gasteiger charge is 2.25. The van der Waals surface area contributed by atoms with Crippen molar-refractivity contribution in [1.82, 2.24) is 10.2 Å². The Bertz CT molecular complexity index is 648. The van der Waals surface area contributed by atoms with Crippen molar-refractivity contribution in [1.29, 1.82) is 0 Å². The van der Waals surface area contributed by atoms with Crippen molar-refractivity contribution in [3.05, 3.63) is 33.9 Å². The second-order valence-corrected chi connectivity index (χ2v) is 7.41. The molecule has 142 valence electrons. The predicted molar refractivity (Wildman–Crippen MR) is 102 cm³/mol. The minimum absolute atomic E-state index is 0.0167. The molecule has 0 unspecified atom stereocenters. The van der Waals surface area contributed by atoms with Gasteiger partial charge in [-0.05, 0) is 32.0 Å². The number of amides is 1. The van der Waals surface area contributed by atoms with Crippen molar-refractivity contribution in [2.75, 3.05) is 38.1 Å². The highest BCUT2D eigenvalue weighted by molar-refractivity contribution is 5.96. The van der Waals surface area contributed by atoms with Gasteiger partial charge in [-0.2, -0.15) is 0 Å². The fraction of sp³-hybridized carbons (Fsp3) is 0.632. The first-order valence-corrected chi connectivity index (χ1v) is 9.57. The van der Waals surface area contributed by atoms with Crippen LogP contribution in [0.25, 0.3) is 0 Å². The summed E-state index contributed by atoms with van der Waals surface area (Å²) in [6.07, 6.45) is 6.69. The van der Waals surface area contributed by atoms with Gasteiger partial charge in [-0.25, -0.2) is 0 Å². The number of nitrogens with zero attached hydrogens (tertiary/aromatic N) is 3. The lowest BCUT2D eigenvalue weighted by Gasteiger charge is -2.33. The number of piperazine rings is 1. The van der Waals surface area contributed by atoms with Gasteiger partial charge in [0.1, 0.15) is 5.69 Å². The molecule has 1 aromatic carbocycles. The molecule has 1 aliphatic heterocycles. The number of hydrogen-bond donors (Lipinski definition) is 1. The van der Waals surface area contributed by atoms with E-state index in [1.54, 1.807) is 12.1 Å². The van der Waals surface area contributed by atoms with Gasteiger partial charge >= 0.3 is 0 Å². The molecule has 0 radical (unpaired) electrons. The van der Waals surface area contributed by atoms with E-state index in [9.17, 15) is 14.9 Å². The van der Waals surface area contributed by atoms with Crippen LogP contribution in [0.1, 0.15) is 48.9 Å². The van der Waals surface area contributed by atoms with Gasteiger partial charge in [-0.1, -0.05) is 25.7 Å². The zero-order chi connectivity index (χ0) is 18.5. The topological polar surface area (TPSA) is 78.7 Å². The van der Waals surface area contributed by atoms with E-state index in [-0.39, 0.29) is 22.6 Å². The van der Waals surface area contributed by atoms with Crippen molar-refractivity contribution in [3.63, 3.8) is 0 Å². The van der Waals surface area contributed by atoms with Crippen molar-refractivity contribution >= 4 is 17.3 Å². The molecule has 1 saturated heterocycles. The molecule has 7 heteroatoms. The van der Waals surface area contributed by atoms with Crippen LogP contribution in [0, 0.1) is 10.1 Å². The molecule has 7 nitrogen and oxygen atoms in total. The summed E-state index contributed by atoms with van der Waals surface area (Å²) >= 11 is 0. The van der Waals surface area contributed by atoms with Crippen LogP contribution in [0.2, 0.25) is 0 Å². The van der Waals surface area contributed by atoms with Crippen LogP contribution in [-0.4, -0.2) is 55.0 Å². The average molecular weight is 360 g/mol. The largest absolute Gasteiger partial charge is 0.363 e. The summed E-state index contributed by atoms with van der Waals surface area (Å²) in [6, 6.07) is 5.05. The molecule has 1 amide bonds. The normalized spacial score (nSPS) is 19.8. The van der Waals surface area contributed by atoms with Gasteiger partial charge in [-0.15, -0.1) is 0 Å². The van der Waals surface area contributed by atoms with Gasteiger partial charge < -0.3 is 15.1 Å². The van der Waals surface area contributed by atoms with E-state index < -0.39 is 0 Å². The van der Waals surface area contributed by atoms with Crippen molar-refractivity contribution in [3.8, 4) is 0 Å². The van der Waals surface area contributed by atoms with Crippen molar-refractivity contribution < 1.29 is 9.72 Å². The Balaban J connectivity index is 1.75. The number of nitrogens with one attached hydrogen (secondary N) is 1. The summed E-state index contributed by atoms with van der Waals surface area (Å²) in [5.74, 6) is -0.204. The van der Waals surface area contributed by atoms with E-state index in [2.05, 4.69) is 10.2 Å². The van der Waals surface area contributed by atoms with E-state index in [0.29, 0.717) is 11.3 Å². The molecule has 26 heavy (non-hydrogen) atoms. The molecule has 2 fully saturated rings. The summed E-state index contributed by atoms with van der Waals surface area (Å²) in [4.78, 5) is 28.0. The fourth-order valence-electron chi connectivity index (χ4n) is 3.82. The number of nitro groups is 1. The Labute approximate surface area is 154 Å². The van der Waals surface area contributed by atoms with Crippen molar-refractivity contribution in [2.24, 2.45) is 0 Å². The number of nitro benzene ring substituents is 1. The lowest BCUT2D eigenvalue weighted by atomic mass is 10.1. The van der Waals surface area contributed by atoms with E-state index in [1.807, 2.05) is 11.9 Å². The van der Waals surface area contributed by atoms with Gasteiger partial charge in [0.15, 0.2) is 0 Å². The molecule has 0 spiro atoms. The first-order chi connectivity index (χ1) is 12.5. The summed E-state index contributed by atoms with van der Waals surface area (Å²) in [5, 5.41) is 14.6. The van der Waals surface area contributed by atoms with Gasteiger partial charge in [-0.3, -0.25) is 14.9 Å². The maximum absolute atomic E-state index is 12.6. The molecule has 0 aromatic heterocycles. The third-order valence-electron chi connectivity index (χ3n) is 5.47. The fourth-order valence-corrected chi connectivity index (χ4v) is 3.82. The number of rotatable bonds is 4. The Kier molecular flexibility index (Phi) is 6.08. The molecule has 1 aromatic rings. The van der Waals surface area contributed by atoms with E-state index in [1.165, 1.54) is 18.9 Å². The van der Waals surface area contributed by atoms with Gasteiger partial charge in [0.05, 0.1) is 4.92 Å². The first-order valence-electron chi connectivity index (χ1n) is 9.57. The zero-order valence-corrected chi connectivity index (χ0v) is 15.4. The third-order valence-corrected chi connectivity index (χ3v) is 5.47. The van der Waals surface area contributed by atoms with Crippen LogP contribution in [0.3, 0.4) is 0 Å². The van der Waals surface area contributed by atoms with Gasteiger partial charge in [0, 0.05) is 43.9 Å². The predicted octanol–water partition coefficient (Wildman–Crippen LogP) is 2.80. The molecule has 1 heterocycles. The molecule has 1 aliphatic carbocycles. The highest BCUT2D eigenvalue weighted by Crippen LogP contribution is 2.30. The number of carbonyl (C=O) groups is 1. The Morgan fingerprint density at radius 2 is 1.77 bits per heavy atom. The minimum atomic E-state index is -0.379. The second-order valence-electron chi connectivity index (χ2n) is 7.41. The number of carbonyl (C=O) groups excluding carboxylic acids is 1. The van der Waals surface area contributed by atoms with E-state index in [0.717, 1.165) is 51.9 Å². The van der Waals surface area contributed by atoms with Crippen LogP contribution in [0.15, 0.2) is 18.2 Å². The number of likely N-dealkylation sites (N-methyl/N-ethyl adjacent to an activating group) is 1. The summed E-state index contributed by atoms with van der Waals surface area (Å²) in [7, 11) is 2.05. The number of benzene rings is 1. The molecule has 0 bridgehead atoms. The second kappa shape index (κ2) is 8.49. The Hall–Kier alpha value is -2.15. The van der Waals surface area contributed by atoms with Crippen LogP contribution in [0.5, 0.6) is 0 Å². The molecule has 2 aliphatic rings. The number of anilines is 1. The van der Waals surface area contributed by atoms with Gasteiger partial charge in [0.2, 0.25) is 0 Å². The minimum Gasteiger partial charge on any atom is -0.363 e. The maximum Gasteiger partial charge on any atom is 0.293 e. The first kappa shape index (κ1) is 18.6. The average Bonchev–Trinajstić information content (AvgIpc) is 2.90. The molecular weight excluding hydrogens is 332 g/mol. The standard InChI is InChI=1S/C19H28N4O3/c1-21-10-12-22(13-11-21)17-9-8-15(14-18(17)23(25)26)19(24)20-16-6-4-2-3-5-7-16/h8-9,14,16H,2-7,10-13H2,1H3,(H,20,24). The Morgan fingerprint density at radius 3 is 2.38 bits per heavy atom. The Morgan fingerprint density at radius 1 is 1.12 bits per heavy atom. The molecular formula is C19H28N4O3.